The first kappa shape index (κ1) is 20.4. The summed E-state index contributed by atoms with van der Waals surface area (Å²) >= 11 is 0. The summed E-state index contributed by atoms with van der Waals surface area (Å²) in [5, 5.41) is -0.119. The van der Waals surface area contributed by atoms with Crippen LogP contribution in [0.15, 0.2) is 53.7 Å². The van der Waals surface area contributed by atoms with Gasteiger partial charge in [-0.25, -0.2) is 18.7 Å². The second-order valence-corrected chi connectivity index (χ2v) is 9.17. The summed E-state index contributed by atoms with van der Waals surface area (Å²) in [6, 6.07) is 8.90. The Morgan fingerprint density at radius 3 is 2.67 bits per heavy atom. The summed E-state index contributed by atoms with van der Waals surface area (Å²) in [4.78, 5) is 26.8. The Morgan fingerprint density at radius 1 is 1.23 bits per heavy atom. The maximum absolute atomic E-state index is 13.1. The Labute approximate surface area is 173 Å². The van der Waals surface area contributed by atoms with Crippen molar-refractivity contribution >= 4 is 21.7 Å². The number of ketones is 1. The van der Waals surface area contributed by atoms with E-state index in [4.69, 9.17) is 5.84 Å². The Bertz CT molecular complexity index is 1090. The second-order valence-electron chi connectivity index (χ2n) is 7.33. The smallest absolute Gasteiger partial charge is 0.331 e. The number of hydrogen-bond donors (Lipinski definition) is 1. The van der Waals surface area contributed by atoms with Gasteiger partial charge in [0.05, 0.1) is 19.0 Å². The van der Waals surface area contributed by atoms with Gasteiger partial charge in [-0.1, -0.05) is 16.8 Å². The van der Waals surface area contributed by atoms with Crippen molar-refractivity contribution in [1.29, 1.82) is 0 Å². The molecule has 2 fully saturated rings. The highest BCUT2D eigenvalue weighted by atomic mass is 32.2. The maximum Gasteiger partial charge on any atom is 0.340 e. The van der Waals surface area contributed by atoms with Crippen LogP contribution in [0.5, 0.6) is 0 Å². The van der Waals surface area contributed by atoms with E-state index in [1.807, 2.05) is 0 Å². The van der Waals surface area contributed by atoms with Gasteiger partial charge in [-0.05, 0) is 36.6 Å². The zero-order valence-electron chi connectivity index (χ0n) is 16.0. The van der Waals surface area contributed by atoms with E-state index in [9.17, 15) is 22.4 Å². The Hall–Kier alpha value is -2.85. The predicted molar refractivity (Wildman–Crippen MR) is 104 cm³/mol. The minimum Gasteiger partial charge on any atom is -0.331 e. The number of amides is 1. The molecule has 0 saturated carbocycles. The third kappa shape index (κ3) is 3.56. The van der Waals surface area contributed by atoms with Gasteiger partial charge in [-0.2, -0.15) is 4.31 Å². The number of nitrogens with two attached hydrogens (primary N) is 1. The molecular weight excluding hydrogens is 411 g/mol. The summed E-state index contributed by atoms with van der Waals surface area (Å²) in [5.74, 6) is 4.74. The van der Waals surface area contributed by atoms with Gasteiger partial charge >= 0.3 is 15.0 Å². The van der Waals surface area contributed by atoms with Gasteiger partial charge in [0.25, 0.3) is 0 Å². The van der Waals surface area contributed by atoms with E-state index < -0.39 is 22.1 Å². The number of benzene rings is 1. The van der Waals surface area contributed by atoms with E-state index in [1.54, 1.807) is 24.3 Å². The lowest BCUT2D eigenvalue weighted by Crippen LogP contribution is -2.52. The highest BCUT2D eigenvalue weighted by Gasteiger charge is 2.55. The number of pyridine rings is 1. The molecule has 2 saturated heterocycles. The molecule has 1 aromatic carbocycles. The fourth-order valence-corrected chi connectivity index (χ4v) is 5.76. The minimum absolute atomic E-state index is 0.119. The normalized spacial score (nSPS) is 21.8. The number of likely N-dealkylation sites (tertiary alicyclic amines) is 1. The van der Waals surface area contributed by atoms with Crippen LogP contribution >= 0.6 is 0 Å². The predicted octanol–water partition coefficient (Wildman–Crippen LogP) is -0.183. The summed E-state index contributed by atoms with van der Waals surface area (Å²) in [6.07, 6.45) is 3.51. The van der Waals surface area contributed by atoms with Gasteiger partial charge in [-0.15, -0.1) is 0 Å². The van der Waals surface area contributed by atoms with Crippen molar-refractivity contribution in [3.05, 3.63) is 66.5 Å². The van der Waals surface area contributed by atoms with Gasteiger partial charge in [0, 0.05) is 18.7 Å². The van der Waals surface area contributed by atoms with Gasteiger partial charge < -0.3 is 4.90 Å². The number of carbonyl (C=O) groups is 2. The molecule has 0 aliphatic carbocycles. The molecule has 4 rings (SSSR count). The van der Waals surface area contributed by atoms with Crippen molar-refractivity contribution in [3.8, 4) is 0 Å². The number of hydrogen-bond acceptors (Lipinski definition) is 5. The third-order valence-corrected chi connectivity index (χ3v) is 7.40. The molecule has 2 unspecified atom stereocenters. The SMILES string of the molecule is N[n+]1ccccc1S(=O)(=O)N1CC(=O)C2C1CCN2C(=O)[CH]Cc1ccc(F)cc1. The highest BCUT2D eigenvalue weighted by Crippen LogP contribution is 2.33. The standard InChI is InChI=1S/C20H21FN4O4S/c21-15-7-4-14(5-8-15)6-9-18(27)23-12-10-16-20(23)17(26)13-25(16)30(28,29)19-3-1-2-11-24(19)22/h1-5,7-9,11,16,20H,6,10,12-13,22H2/q+1. The Balaban J connectivity index is 1.49. The van der Waals surface area contributed by atoms with Gasteiger partial charge in [-0.3, -0.25) is 9.59 Å². The van der Waals surface area contributed by atoms with Crippen LogP contribution < -0.4 is 10.5 Å². The van der Waals surface area contributed by atoms with Crippen LogP contribution in [0.3, 0.4) is 0 Å². The van der Waals surface area contributed by atoms with Crippen LogP contribution in [0.25, 0.3) is 0 Å². The van der Waals surface area contributed by atoms with Crippen LogP contribution in [0.4, 0.5) is 4.39 Å². The first-order chi connectivity index (χ1) is 14.3. The molecule has 1 amide bonds. The van der Waals surface area contributed by atoms with Crippen molar-refractivity contribution in [2.24, 2.45) is 0 Å². The van der Waals surface area contributed by atoms with Crippen LogP contribution in [0.2, 0.25) is 0 Å². The molecule has 2 atom stereocenters. The first-order valence-corrected chi connectivity index (χ1v) is 10.9. The van der Waals surface area contributed by atoms with Crippen LogP contribution in [-0.4, -0.2) is 54.5 Å². The lowest BCUT2D eigenvalue weighted by Gasteiger charge is -2.23. The first-order valence-electron chi connectivity index (χ1n) is 9.47. The number of rotatable bonds is 5. The summed E-state index contributed by atoms with van der Waals surface area (Å²) in [5.41, 5.74) is 0.763. The zero-order valence-corrected chi connectivity index (χ0v) is 16.8. The lowest BCUT2D eigenvalue weighted by atomic mass is 10.1. The molecule has 1 radical (unpaired) electrons. The number of sulfonamides is 1. The summed E-state index contributed by atoms with van der Waals surface area (Å²) in [7, 11) is -4.00. The van der Waals surface area contributed by atoms with E-state index in [2.05, 4.69) is 0 Å². The van der Waals surface area contributed by atoms with Gasteiger partial charge in [0.1, 0.15) is 11.9 Å². The number of aromatic nitrogens is 1. The average Bonchev–Trinajstić information content (AvgIpc) is 3.29. The average molecular weight is 432 g/mol. The fraction of sp³-hybridized carbons (Fsp3) is 0.300. The van der Waals surface area contributed by atoms with E-state index in [0.717, 1.165) is 14.5 Å². The molecule has 30 heavy (non-hydrogen) atoms. The molecule has 1 aromatic heterocycles. The number of nitrogens with zero attached hydrogens (tertiary/aromatic N) is 3. The second kappa shape index (κ2) is 7.77. The third-order valence-electron chi connectivity index (χ3n) is 5.51. The van der Waals surface area contributed by atoms with Crippen LogP contribution in [0.1, 0.15) is 12.0 Å². The maximum atomic E-state index is 13.1. The van der Waals surface area contributed by atoms with Crippen molar-refractivity contribution in [2.45, 2.75) is 30.0 Å². The van der Waals surface area contributed by atoms with Crippen molar-refractivity contribution < 1.29 is 27.1 Å². The van der Waals surface area contributed by atoms with Crippen LogP contribution in [-0.2, 0) is 26.0 Å². The summed E-state index contributed by atoms with van der Waals surface area (Å²) in [6.45, 7) is -0.0163. The van der Waals surface area contributed by atoms with Gasteiger partial charge in [0.15, 0.2) is 5.78 Å². The molecule has 10 heteroatoms. The Kier molecular flexibility index (Phi) is 5.29. The minimum atomic E-state index is -4.00. The molecule has 2 N–H and O–H groups in total. The number of halogens is 1. The molecule has 8 nitrogen and oxygen atoms in total. The molecule has 2 aliphatic rings. The monoisotopic (exact) mass is 432 g/mol. The molecule has 0 bridgehead atoms. The van der Waals surface area contributed by atoms with Crippen molar-refractivity contribution in [2.75, 3.05) is 18.9 Å². The quantitative estimate of drug-likeness (QED) is 0.521. The van der Waals surface area contributed by atoms with E-state index >= 15 is 0 Å². The molecule has 0 spiro atoms. The van der Waals surface area contributed by atoms with E-state index in [0.29, 0.717) is 12.8 Å². The zero-order chi connectivity index (χ0) is 21.5. The fourth-order valence-electron chi connectivity index (χ4n) is 4.06. The largest absolute Gasteiger partial charge is 0.340 e. The number of fused-ring (bicyclic) bond motifs is 1. The molecule has 2 aliphatic heterocycles. The molecular formula is C20H21FN4O4S+. The highest BCUT2D eigenvalue weighted by molar-refractivity contribution is 7.89. The number of nitrogen functional groups attached to an aromatic ring is 1. The number of Topliss-reactive ketones (excluding diaryl/α,β-unsaturated/α-hetero) is 1. The molecule has 157 valence electrons. The Morgan fingerprint density at radius 2 is 1.97 bits per heavy atom. The summed E-state index contributed by atoms with van der Waals surface area (Å²) < 4.78 is 41.3. The number of carbonyl (C=O) groups excluding carboxylic acids is 2. The molecule has 2 aromatic rings. The van der Waals surface area contributed by atoms with E-state index in [1.165, 1.54) is 35.7 Å². The van der Waals surface area contributed by atoms with E-state index in [-0.39, 0.29) is 35.6 Å². The van der Waals surface area contributed by atoms with Crippen molar-refractivity contribution in [1.82, 2.24) is 9.21 Å². The molecule has 3 heterocycles. The lowest BCUT2D eigenvalue weighted by molar-refractivity contribution is -0.678. The van der Waals surface area contributed by atoms with Crippen molar-refractivity contribution in [3.63, 3.8) is 0 Å². The topological polar surface area (TPSA) is 105 Å². The van der Waals surface area contributed by atoms with Gasteiger partial charge in [0.2, 0.25) is 12.1 Å². The van der Waals surface area contributed by atoms with Crippen LogP contribution in [0, 0.1) is 12.2 Å².